The molecule has 2 heteroatoms. The Kier molecular flexibility index (Phi) is 2.86. The lowest BCUT2D eigenvalue weighted by Gasteiger charge is -2.32. The van der Waals surface area contributed by atoms with E-state index in [1.807, 2.05) is 0 Å². The molecule has 2 aromatic carbocycles. The number of anilines is 3. The number of rotatable bonds is 1. The summed E-state index contributed by atoms with van der Waals surface area (Å²) in [6.45, 7) is 6.50. The number of aryl methyl sites for hydroxylation is 3. The second-order valence-electron chi connectivity index (χ2n) is 6.14. The van der Waals surface area contributed by atoms with E-state index in [0.29, 0.717) is 0 Å². The smallest absolute Gasteiger partial charge is 0.207 e. The Morgan fingerprint density at radius 1 is 0.909 bits per heavy atom. The first-order valence-electron chi connectivity index (χ1n) is 7.67. The van der Waals surface area contributed by atoms with Gasteiger partial charge in [-0.1, -0.05) is 35.9 Å². The van der Waals surface area contributed by atoms with Crippen molar-refractivity contribution >= 4 is 17.3 Å². The summed E-state index contributed by atoms with van der Waals surface area (Å²) >= 11 is 0. The molecule has 110 valence electrons. The van der Waals surface area contributed by atoms with Crippen LogP contribution in [-0.4, -0.2) is 0 Å². The molecule has 0 saturated carbocycles. The fourth-order valence-electron chi connectivity index (χ4n) is 3.60. The van der Waals surface area contributed by atoms with Gasteiger partial charge in [-0.3, -0.25) is 4.90 Å². The average molecular weight is 289 g/mol. The van der Waals surface area contributed by atoms with Gasteiger partial charge in [-0.25, -0.2) is 0 Å². The fraction of sp³-hybridized carbons (Fsp3) is 0.200. The average Bonchev–Trinajstić information content (AvgIpc) is 2.93. The van der Waals surface area contributed by atoms with Crippen LogP contribution in [0.2, 0.25) is 0 Å². The molecule has 0 fully saturated rings. The lowest BCUT2D eigenvalue weighted by atomic mass is 9.96. The van der Waals surface area contributed by atoms with E-state index in [4.69, 9.17) is 4.42 Å². The summed E-state index contributed by atoms with van der Waals surface area (Å²) in [7, 11) is 0. The van der Waals surface area contributed by atoms with Crippen LogP contribution in [0.15, 0.2) is 53.1 Å². The van der Waals surface area contributed by atoms with Crippen molar-refractivity contribution < 1.29 is 4.42 Å². The molecule has 1 aromatic heterocycles. The van der Waals surface area contributed by atoms with Crippen molar-refractivity contribution in [3.63, 3.8) is 0 Å². The number of hydrogen-bond acceptors (Lipinski definition) is 2. The van der Waals surface area contributed by atoms with E-state index in [-0.39, 0.29) is 0 Å². The van der Waals surface area contributed by atoms with Crippen LogP contribution in [0, 0.1) is 20.8 Å². The van der Waals surface area contributed by atoms with Gasteiger partial charge in [-0.2, -0.15) is 0 Å². The van der Waals surface area contributed by atoms with Crippen LogP contribution >= 0.6 is 0 Å². The first-order valence-corrected chi connectivity index (χ1v) is 7.67. The minimum Gasteiger partial charge on any atom is -0.448 e. The molecule has 2 nitrogen and oxygen atoms in total. The first kappa shape index (κ1) is 13.2. The normalized spacial score (nSPS) is 13.0. The van der Waals surface area contributed by atoms with Crippen molar-refractivity contribution in [2.75, 3.05) is 4.90 Å². The topological polar surface area (TPSA) is 16.4 Å². The molecule has 0 N–H and O–H groups in total. The summed E-state index contributed by atoms with van der Waals surface area (Å²) in [6.07, 6.45) is 2.73. The van der Waals surface area contributed by atoms with E-state index >= 15 is 0 Å². The van der Waals surface area contributed by atoms with Crippen LogP contribution in [0.4, 0.5) is 17.3 Å². The molecule has 0 unspecified atom stereocenters. The SMILES string of the molecule is Cc1cc(C)c(N2c3ccccc3Cc3ccoc32)c(C)c1. The van der Waals surface area contributed by atoms with E-state index in [9.17, 15) is 0 Å². The summed E-state index contributed by atoms with van der Waals surface area (Å²) in [4.78, 5) is 2.28. The molecule has 1 aliphatic heterocycles. The van der Waals surface area contributed by atoms with Gasteiger partial charge in [-0.15, -0.1) is 0 Å². The molecular formula is C20H19NO. The molecule has 4 rings (SSSR count). The second kappa shape index (κ2) is 4.77. The highest BCUT2D eigenvalue weighted by Crippen LogP contribution is 2.46. The number of nitrogens with zero attached hydrogens (tertiary/aromatic N) is 1. The maximum absolute atomic E-state index is 5.85. The minimum absolute atomic E-state index is 0.933. The lowest BCUT2D eigenvalue weighted by Crippen LogP contribution is -2.19. The Balaban J connectivity index is 2.01. The number of hydrogen-bond donors (Lipinski definition) is 0. The molecule has 2 heterocycles. The van der Waals surface area contributed by atoms with E-state index in [1.54, 1.807) is 6.26 Å². The molecule has 1 aliphatic rings. The van der Waals surface area contributed by atoms with Crippen LogP contribution in [0.1, 0.15) is 27.8 Å². The monoisotopic (exact) mass is 289 g/mol. The summed E-state index contributed by atoms with van der Waals surface area (Å²) in [5, 5.41) is 0. The predicted octanol–water partition coefficient (Wildman–Crippen LogP) is 5.58. The fourth-order valence-corrected chi connectivity index (χ4v) is 3.60. The standard InChI is InChI=1S/C20H19NO/c1-13-10-14(2)19(15(3)11-13)21-18-7-5-4-6-16(18)12-17-8-9-22-20(17)21/h4-11H,12H2,1-3H3. The highest BCUT2D eigenvalue weighted by molar-refractivity contribution is 5.83. The summed E-state index contributed by atoms with van der Waals surface area (Å²) in [5.74, 6) is 0.953. The van der Waals surface area contributed by atoms with Gasteiger partial charge < -0.3 is 4.42 Å². The van der Waals surface area contributed by atoms with Gasteiger partial charge >= 0.3 is 0 Å². The third-order valence-corrected chi connectivity index (χ3v) is 4.40. The quantitative estimate of drug-likeness (QED) is 0.455. The largest absolute Gasteiger partial charge is 0.448 e. The highest BCUT2D eigenvalue weighted by atomic mass is 16.3. The molecule has 0 atom stereocenters. The van der Waals surface area contributed by atoms with E-state index in [2.05, 4.69) is 68.1 Å². The van der Waals surface area contributed by atoms with E-state index in [0.717, 1.165) is 12.3 Å². The lowest BCUT2D eigenvalue weighted by molar-refractivity contribution is 0.569. The maximum atomic E-state index is 5.85. The van der Waals surface area contributed by atoms with Gasteiger partial charge in [-0.05, 0) is 49.6 Å². The van der Waals surface area contributed by atoms with E-state index < -0.39 is 0 Å². The van der Waals surface area contributed by atoms with Gasteiger partial charge in [0.2, 0.25) is 5.88 Å². The zero-order chi connectivity index (χ0) is 15.3. The van der Waals surface area contributed by atoms with Crippen LogP contribution in [-0.2, 0) is 6.42 Å². The molecule has 0 radical (unpaired) electrons. The van der Waals surface area contributed by atoms with Crippen LogP contribution < -0.4 is 4.90 Å². The van der Waals surface area contributed by atoms with Crippen LogP contribution in [0.3, 0.4) is 0 Å². The van der Waals surface area contributed by atoms with Gasteiger partial charge in [0.1, 0.15) is 0 Å². The third-order valence-electron chi connectivity index (χ3n) is 4.40. The zero-order valence-electron chi connectivity index (χ0n) is 13.2. The van der Waals surface area contributed by atoms with Crippen LogP contribution in [0.25, 0.3) is 0 Å². The molecule has 0 saturated heterocycles. The molecule has 0 bridgehead atoms. The Labute approximate surface area is 131 Å². The van der Waals surface area contributed by atoms with Gasteiger partial charge in [0.05, 0.1) is 17.6 Å². The van der Waals surface area contributed by atoms with Gasteiger partial charge in [0.25, 0.3) is 0 Å². The Morgan fingerprint density at radius 3 is 2.41 bits per heavy atom. The number of furan rings is 1. The Bertz CT molecular complexity index is 837. The molecule has 0 amide bonds. The summed E-state index contributed by atoms with van der Waals surface area (Å²) < 4.78 is 5.85. The number of benzene rings is 2. The van der Waals surface area contributed by atoms with Crippen molar-refractivity contribution in [2.24, 2.45) is 0 Å². The highest BCUT2D eigenvalue weighted by Gasteiger charge is 2.28. The van der Waals surface area contributed by atoms with Crippen LogP contribution in [0.5, 0.6) is 0 Å². The number of fused-ring (bicyclic) bond motifs is 2. The van der Waals surface area contributed by atoms with Crippen molar-refractivity contribution in [1.82, 2.24) is 0 Å². The third kappa shape index (κ3) is 1.87. The Hall–Kier alpha value is -2.48. The van der Waals surface area contributed by atoms with Crippen molar-refractivity contribution in [3.05, 3.63) is 76.5 Å². The minimum atomic E-state index is 0.933. The molecule has 3 aromatic rings. The maximum Gasteiger partial charge on any atom is 0.207 e. The predicted molar refractivity (Wildman–Crippen MR) is 90.4 cm³/mol. The van der Waals surface area contributed by atoms with Crippen molar-refractivity contribution in [2.45, 2.75) is 27.2 Å². The molecule has 0 aliphatic carbocycles. The molecule has 0 spiro atoms. The Morgan fingerprint density at radius 2 is 1.64 bits per heavy atom. The van der Waals surface area contributed by atoms with Crippen molar-refractivity contribution in [1.29, 1.82) is 0 Å². The van der Waals surface area contributed by atoms with Crippen molar-refractivity contribution in [3.8, 4) is 0 Å². The van der Waals surface area contributed by atoms with Gasteiger partial charge in [0, 0.05) is 12.0 Å². The molecule has 22 heavy (non-hydrogen) atoms. The summed E-state index contributed by atoms with van der Waals surface area (Å²) in [5.41, 5.74) is 8.89. The number of para-hydroxylation sites is 1. The molecular weight excluding hydrogens is 270 g/mol. The van der Waals surface area contributed by atoms with Gasteiger partial charge in [0.15, 0.2) is 0 Å². The zero-order valence-corrected chi connectivity index (χ0v) is 13.2. The van der Waals surface area contributed by atoms with E-state index in [1.165, 1.54) is 39.2 Å². The first-order chi connectivity index (χ1) is 10.6. The summed E-state index contributed by atoms with van der Waals surface area (Å²) in [6, 6.07) is 15.1. The second-order valence-corrected chi connectivity index (χ2v) is 6.14.